The molecule has 0 radical (unpaired) electrons. The van der Waals surface area contributed by atoms with Gasteiger partial charge in [0.15, 0.2) is 0 Å². The zero-order valence-corrected chi connectivity index (χ0v) is 36.6. The van der Waals surface area contributed by atoms with E-state index < -0.39 is 0 Å². The van der Waals surface area contributed by atoms with Crippen LogP contribution in [0.5, 0.6) is 0 Å². The molecule has 0 unspecified atom stereocenters. The van der Waals surface area contributed by atoms with Crippen LogP contribution >= 0.6 is 0 Å². The van der Waals surface area contributed by atoms with Gasteiger partial charge >= 0.3 is 0 Å². The van der Waals surface area contributed by atoms with E-state index in [1.54, 1.807) is 0 Å². The third kappa shape index (κ3) is 5.31. The Morgan fingerprint density at radius 1 is 0.453 bits per heavy atom. The zero-order valence-electron chi connectivity index (χ0n) is 36.6. The number of nitriles is 1. The van der Waals surface area contributed by atoms with Crippen LogP contribution in [-0.2, 0) is 10.8 Å². The summed E-state index contributed by atoms with van der Waals surface area (Å²) < 4.78 is 0. The predicted octanol–water partition coefficient (Wildman–Crippen LogP) is 16.1. The normalized spacial score (nSPS) is 22.4. The van der Waals surface area contributed by atoms with Crippen LogP contribution in [0.15, 0.2) is 182 Å². The lowest BCUT2D eigenvalue weighted by molar-refractivity contribution is -0.0400. The molecule has 8 aromatic carbocycles. The lowest BCUT2D eigenvalue weighted by atomic mass is 9.43. The van der Waals surface area contributed by atoms with Crippen molar-refractivity contribution in [1.82, 2.24) is 0 Å². The molecule has 0 amide bonds. The summed E-state index contributed by atoms with van der Waals surface area (Å²) in [7, 11) is 0. The summed E-state index contributed by atoms with van der Waals surface area (Å²) in [4.78, 5) is 2.45. The van der Waals surface area contributed by atoms with Gasteiger partial charge in [-0.1, -0.05) is 153 Å². The van der Waals surface area contributed by atoms with Crippen molar-refractivity contribution in [2.45, 2.75) is 56.8 Å². The fourth-order valence-electron chi connectivity index (χ4n) is 14.2. The fourth-order valence-corrected chi connectivity index (χ4v) is 14.2. The highest BCUT2D eigenvalue weighted by atomic mass is 15.1. The van der Waals surface area contributed by atoms with E-state index in [1.807, 2.05) is 0 Å². The molecule has 6 aliphatic rings. The first-order valence-electron chi connectivity index (χ1n) is 23.5. The van der Waals surface area contributed by atoms with E-state index in [1.165, 1.54) is 104 Å². The molecule has 14 rings (SSSR count). The van der Waals surface area contributed by atoms with Crippen molar-refractivity contribution in [3.8, 4) is 61.7 Å². The van der Waals surface area contributed by atoms with Crippen LogP contribution in [0, 0.1) is 35.0 Å². The number of hydrogen-bond donors (Lipinski definition) is 0. The van der Waals surface area contributed by atoms with E-state index >= 15 is 0 Å². The molecule has 8 aromatic rings. The maximum Gasteiger partial charge on any atom is 0.0995 e. The van der Waals surface area contributed by atoms with Gasteiger partial charge in [-0.25, -0.2) is 0 Å². The molecule has 0 aliphatic heterocycles. The van der Waals surface area contributed by atoms with Gasteiger partial charge in [0.1, 0.15) is 0 Å². The molecule has 6 aliphatic carbocycles. The second-order valence-electron chi connectivity index (χ2n) is 20.0. The van der Waals surface area contributed by atoms with Gasteiger partial charge < -0.3 is 4.90 Å². The molecule has 0 saturated heterocycles. The number of anilines is 3. The van der Waals surface area contributed by atoms with Crippen LogP contribution in [0.1, 0.15) is 73.8 Å². The van der Waals surface area contributed by atoms with Crippen molar-refractivity contribution < 1.29 is 0 Å². The minimum Gasteiger partial charge on any atom is -0.310 e. The quantitative estimate of drug-likeness (QED) is 0.167. The molecule has 0 atom stereocenters. The average Bonchev–Trinajstić information content (AvgIpc) is 3.77. The van der Waals surface area contributed by atoms with Crippen LogP contribution in [0.25, 0.3) is 55.6 Å². The number of nitrogens with zero attached hydrogens (tertiary/aromatic N) is 2. The van der Waals surface area contributed by atoms with E-state index in [0.717, 1.165) is 40.0 Å². The van der Waals surface area contributed by atoms with Crippen LogP contribution < -0.4 is 4.90 Å². The van der Waals surface area contributed by atoms with Gasteiger partial charge in [0.05, 0.1) is 17.3 Å². The monoisotopic (exact) mass is 822 g/mol. The second-order valence-corrected chi connectivity index (χ2v) is 20.0. The molecule has 2 nitrogen and oxygen atoms in total. The average molecular weight is 823 g/mol. The van der Waals surface area contributed by atoms with Crippen molar-refractivity contribution >= 4 is 17.1 Å². The van der Waals surface area contributed by atoms with E-state index in [9.17, 15) is 5.26 Å². The third-order valence-corrected chi connectivity index (χ3v) is 16.5. The second kappa shape index (κ2) is 14.0. The molecular weight excluding hydrogens is 773 g/mol. The van der Waals surface area contributed by atoms with E-state index in [0.29, 0.717) is 11.8 Å². The molecule has 0 aromatic heterocycles. The summed E-state index contributed by atoms with van der Waals surface area (Å²) in [5, 5.41) is 11.3. The van der Waals surface area contributed by atoms with Gasteiger partial charge in [-0.3, -0.25) is 0 Å². The smallest absolute Gasteiger partial charge is 0.0995 e. The summed E-state index contributed by atoms with van der Waals surface area (Å²) in [6.07, 6.45) is 6.64. The Balaban J connectivity index is 0.979. The van der Waals surface area contributed by atoms with Gasteiger partial charge in [0.2, 0.25) is 0 Å². The first kappa shape index (κ1) is 37.6. The first-order valence-corrected chi connectivity index (χ1v) is 23.5. The summed E-state index contributed by atoms with van der Waals surface area (Å²) >= 11 is 0. The Kier molecular flexibility index (Phi) is 8.24. The zero-order chi connectivity index (χ0) is 42.7. The molecule has 4 bridgehead atoms. The maximum atomic E-state index is 11.3. The number of hydrogen-bond acceptors (Lipinski definition) is 2. The highest BCUT2D eigenvalue weighted by molar-refractivity contribution is 5.99. The molecule has 64 heavy (non-hydrogen) atoms. The molecule has 4 fully saturated rings. The Morgan fingerprint density at radius 2 is 0.969 bits per heavy atom. The molecular formula is C62H50N2. The molecule has 0 N–H and O–H groups in total. The molecule has 2 heteroatoms. The van der Waals surface area contributed by atoms with Gasteiger partial charge in [-0.2, -0.15) is 5.26 Å². The van der Waals surface area contributed by atoms with Crippen molar-refractivity contribution in [2.75, 3.05) is 4.90 Å². The minimum atomic E-state index is -0.302. The van der Waals surface area contributed by atoms with E-state index in [2.05, 4.69) is 207 Å². The Hall–Kier alpha value is -6.95. The highest BCUT2D eigenvalue weighted by Crippen LogP contribution is 2.70. The third-order valence-electron chi connectivity index (χ3n) is 16.5. The number of benzene rings is 8. The van der Waals surface area contributed by atoms with Gasteiger partial charge in [0.25, 0.3) is 0 Å². The van der Waals surface area contributed by atoms with E-state index in [-0.39, 0.29) is 10.8 Å². The Labute approximate surface area is 377 Å². The fraction of sp³-hybridized carbons (Fsp3) is 0.210. The largest absolute Gasteiger partial charge is 0.310 e. The minimum absolute atomic E-state index is 0.0476. The highest BCUT2D eigenvalue weighted by Gasteiger charge is 2.62. The standard InChI is InChI=1S/C62H50N2/c1-61(2)56-21-12-22-57(64(49-27-23-43(24-28-49)41-13-5-3-6-14-41)50-29-25-44(26-30-50)42-15-7-4-8-16-42)58(56)53-19-11-18-51(60(53)61)45-36-46(38-63)59-54(37-45)52-17-9-10-20-55(52)62(59)47-32-39-31-40(34-47)35-48(62)33-39/h3-30,36-37,39-40,47-48H,31-35H2,1-2H3. The molecule has 308 valence electrons. The van der Waals surface area contributed by atoms with Gasteiger partial charge in [0, 0.05) is 27.8 Å². The van der Waals surface area contributed by atoms with Crippen LogP contribution in [0.2, 0.25) is 0 Å². The summed E-state index contributed by atoms with van der Waals surface area (Å²) in [6, 6.07) is 70.0. The SMILES string of the molecule is CC1(C)c2cccc(N(c3ccc(-c4ccccc4)cc3)c3ccc(-c4ccccc4)cc3)c2-c2cccc(-c3cc(C#N)c4c(c3)-c3ccccc3C43C4CC5CC(C4)CC3C5)c21. The van der Waals surface area contributed by atoms with E-state index in [4.69, 9.17) is 0 Å². The molecule has 4 saturated carbocycles. The van der Waals surface area contributed by atoms with Gasteiger partial charge in [-0.15, -0.1) is 0 Å². The Bertz CT molecular complexity index is 3080. The summed E-state index contributed by atoms with van der Waals surface area (Å²) in [5.41, 5.74) is 21.8. The number of rotatable bonds is 6. The summed E-state index contributed by atoms with van der Waals surface area (Å²) in [5.74, 6) is 2.94. The number of fused-ring (bicyclic) bond motifs is 6. The van der Waals surface area contributed by atoms with Gasteiger partial charge in [-0.05, 0) is 171 Å². The summed E-state index contributed by atoms with van der Waals surface area (Å²) in [6.45, 7) is 4.80. The van der Waals surface area contributed by atoms with Crippen LogP contribution in [-0.4, -0.2) is 0 Å². The lowest BCUT2D eigenvalue weighted by Gasteiger charge is -2.61. The van der Waals surface area contributed by atoms with Crippen molar-refractivity contribution in [3.63, 3.8) is 0 Å². The van der Waals surface area contributed by atoms with Crippen molar-refractivity contribution in [2.24, 2.45) is 23.7 Å². The topological polar surface area (TPSA) is 27.0 Å². The lowest BCUT2D eigenvalue weighted by Crippen LogP contribution is -2.55. The van der Waals surface area contributed by atoms with Crippen LogP contribution in [0.3, 0.4) is 0 Å². The van der Waals surface area contributed by atoms with Crippen molar-refractivity contribution in [3.05, 3.63) is 210 Å². The van der Waals surface area contributed by atoms with Crippen LogP contribution in [0.4, 0.5) is 17.1 Å². The molecule has 1 spiro atoms. The van der Waals surface area contributed by atoms with Crippen molar-refractivity contribution in [1.29, 1.82) is 5.26 Å². The first-order chi connectivity index (χ1) is 31.4. The predicted molar refractivity (Wildman–Crippen MR) is 263 cm³/mol. The Morgan fingerprint density at radius 3 is 1.58 bits per heavy atom. The molecule has 0 heterocycles. The maximum absolute atomic E-state index is 11.3.